The van der Waals surface area contributed by atoms with Crippen molar-refractivity contribution < 1.29 is 9.50 Å². The average molecular weight is 402 g/mol. The van der Waals surface area contributed by atoms with Gasteiger partial charge in [-0.1, -0.05) is 12.8 Å². The van der Waals surface area contributed by atoms with Gasteiger partial charge in [0.05, 0.1) is 18.3 Å². The van der Waals surface area contributed by atoms with Crippen LogP contribution in [0.5, 0.6) is 0 Å². The molecule has 3 unspecified atom stereocenters. The number of aromatic nitrogens is 4. The lowest BCUT2D eigenvalue weighted by Crippen LogP contribution is -2.45. The molecule has 2 N–H and O–H groups in total. The molecule has 9 heteroatoms. The first-order valence-corrected chi connectivity index (χ1v) is 10.4. The molecule has 0 spiro atoms. The lowest BCUT2D eigenvalue weighted by Gasteiger charge is -2.37. The highest BCUT2D eigenvalue weighted by Gasteiger charge is 2.29. The molecular formula is C20H27FN6O2. The number of aliphatic hydroxyl groups is 1. The topological polar surface area (TPSA) is 96.2 Å². The summed E-state index contributed by atoms with van der Waals surface area (Å²) in [7, 11) is 0. The molecule has 1 saturated carbocycles. The number of aliphatic hydroxyl groups excluding tert-OH is 1. The van der Waals surface area contributed by atoms with E-state index in [1.54, 1.807) is 6.07 Å². The summed E-state index contributed by atoms with van der Waals surface area (Å²) < 4.78 is 15.3. The zero-order valence-corrected chi connectivity index (χ0v) is 16.4. The number of hydrogen-bond donors (Lipinski definition) is 2. The Morgan fingerprint density at radius 2 is 2.00 bits per heavy atom. The van der Waals surface area contributed by atoms with Crippen molar-refractivity contribution >= 4 is 11.6 Å². The van der Waals surface area contributed by atoms with Crippen LogP contribution in [0.1, 0.15) is 51.0 Å². The average Bonchev–Trinajstić information content (AvgIpc) is 2.74. The van der Waals surface area contributed by atoms with Crippen molar-refractivity contribution in [3.05, 3.63) is 40.8 Å². The summed E-state index contributed by atoms with van der Waals surface area (Å²) in [6, 6.07) is 3.12. The molecule has 2 aromatic heterocycles. The van der Waals surface area contributed by atoms with E-state index in [0.29, 0.717) is 13.0 Å². The van der Waals surface area contributed by atoms with Gasteiger partial charge in [-0.25, -0.2) is 19.0 Å². The predicted octanol–water partition coefficient (Wildman–Crippen LogP) is 2.12. The van der Waals surface area contributed by atoms with E-state index < -0.39 is 11.9 Å². The highest BCUT2D eigenvalue weighted by atomic mass is 19.1. The maximum absolute atomic E-state index is 13.8. The van der Waals surface area contributed by atoms with E-state index in [-0.39, 0.29) is 23.5 Å². The molecule has 0 aromatic carbocycles. The van der Waals surface area contributed by atoms with Crippen molar-refractivity contribution in [1.29, 1.82) is 0 Å². The SMILES string of the molecule is O=c1ccc(N2CCCCC2CNc2ncncc2F)nn1C1CCCCC1O. The first kappa shape index (κ1) is 19.8. The van der Waals surface area contributed by atoms with E-state index in [4.69, 9.17) is 0 Å². The molecule has 1 aliphatic heterocycles. The van der Waals surface area contributed by atoms with Gasteiger partial charge in [0.15, 0.2) is 11.6 Å². The Bertz CT molecular complexity index is 891. The molecule has 2 aliphatic rings. The normalized spacial score (nSPS) is 25.0. The van der Waals surface area contributed by atoms with E-state index in [1.807, 2.05) is 0 Å². The molecule has 0 radical (unpaired) electrons. The van der Waals surface area contributed by atoms with E-state index in [2.05, 4.69) is 25.3 Å². The molecule has 0 bridgehead atoms. The van der Waals surface area contributed by atoms with Crippen LogP contribution in [0.3, 0.4) is 0 Å². The van der Waals surface area contributed by atoms with E-state index in [9.17, 15) is 14.3 Å². The molecule has 156 valence electrons. The summed E-state index contributed by atoms with van der Waals surface area (Å²) in [4.78, 5) is 22.2. The highest BCUT2D eigenvalue weighted by molar-refractivity contribution is 5.41. The Morgan fingerprint density at radius 3 is 2.83 bits per heavy atom. The fourth-order valence-electron chi connectivity index (χ4n) is 4.35. The quantitative estimate of drug-likeness (QED) is 0.791. The van der Waals surface area contributed by atoms with Crippen LogP contribution in [-0.2, 0) is 0 Å². The van der Waals surface area contributed by atoms with Gasteiger partial charge < -0.3 is 15.3 Å². The Balaban J connectivity index is 1.54. The van der Waals surface area contributed by atoms with Crippen molar-refractivity contribution in [3.63, 3.8) is 0 Å². The number of halogens is 1. The summed E-state index contributed by atoms with van der Waals surface area (Å²) in [5.41, 5.74) is -0.186. The van der Waals surface area contributed by atoms with Gasteiger partial charge in [-0.2, -0.15) is 5.10 Å². The Labute approximate surface area is 168 Å². The highest BCUT2D eigenvalue weighted by Crippen LogP contribution is 2.28. The van der Waals surface area contributed by atoms with Gasteiger partial charge in [-0.15, -0.1) is 0 Å². The number of nitrogens with one attached hydrogen (secondary N) is 1. The Morgan fingerprint density at radius 1 is 1.17 bits per heavy atom. The van der Waals surface area contributed by atoms with Crippen molar-refractivity contribution in [2.45, 2.75) is 63.1 Å². The molecule has 3 atom stereocenters. The Kier molecular flexibility index (Phi) is 6.03. The maximum atomic E-state index is 13.8. The van der Waals surface area contributed by atoms with E-state index >= 15 is 0 Å². The largest absolute Gasteiger partial charge is 0.391 e. The van der Waals surface area contributed by atoms with Crippen LogP contribution >= 0.6 is 0 Å². The molecule has 3 heterocycles. The molecule has 1 saturated heterocycles. The van der Waals surface area contributed by atoms with Crippen molar-refractivity contribution in [2.24, 2.45) is 0 Å². The number of nitrogens with zero attached hydrogens (tertiary/aromatic N) is 5. The third kappa shape index (κ3) is 4.39. The number of hydrogen-bond acceptors (Lipinski definition) is 7. The fourth-order valence-corrected chi connectivity index (χ4v) is 4.35. The van der Waals surface area contributed by atoms with Gasteiger partial charge in [0.1, 0.15) is 12.1 Å². The zero-order valence-electron chi connectivity index (χ0n) is 16.4. The fraction of sp³-hybridized carbons (Fsp3) is 0.600. The summed E-state index contributed by atoms with van der Waals surface area (Å²) >= 11 is 0. The van der Waals surface area contributed by atoms with Crippen LogP contribution in [0, 0.1) is 5.82 Å². The molecule has 0 amide bonds. The van der Waals surface area contributed by atoms with Gasteiger partial charge in [0, 0.05) is 25.2 Å². The van der Waals surface area contributed by atoms with Crippen LogP contribution in [0.15, 0.2) is 29.5 Å². The summed E-state index contributed by atoms with van der Waals surface area (Å²) in [5.74, 6) is 0.429. The van der Waals surface area contributed by atoms with Crippen molar-refractivity contribution in [3.8, 4) is 0 Å². The lowest BCUT2D eigenvalue weighted by atomic mass is 9.93. The monoisotopic (exact) mass is 402 g/mol. The first-order valence-electron chi connectivity index (χ1n) is 10.4. The van der Waals surface area contributed by atoms with Crippen molar-refractivity contribution in [2.75, 3.05) is 23.3 Å². The van der Waals surface area contributed by atoms with E-state index in [1.165, 1.54) is 17.1 Å². The third-order valence-corrected chi connectivity index (χ3v) is 5.91. The standard InChI is InChI=1S/C20H27FN6O2/c21-15-12-22-13-24-20(15)23-11-14-5-3-4-10-26(14)18-8-9-19(29)27(25-18)16-6-1-2-7-17(16)28/h8-9,12-14,16-17,28H,1-7,10-11H2,(H,22,23,24). The molecule has 2 fully saturated rings. The van der Waals surface area contributed by atoms with Crippen LogP contribution in [0.4, 0.5) is 16.0 Å². The lowest BCUT2D eigenvalue weighted by molar-refractivity contribution is 0.0669. The second kappa shape index (κ2) is 8.86. The summed E-state index contributed by atoms with van der Waals surface area (Å²) in [5, 5.41) is 18.1. The second-order valence-corrected chi connectivity index (χ2v) is 7.84. The van der Waals surface area contributed by atoms with Gasteiger partial charge in [0.25, 0.3) is 5.56 Å². The molecular weight excluding hydrogens is 375 g/mol. The smallest absolute Gasteiger partial charge is 0.267 e. The van der Waals surface area contributed by atoms with Crippen LogP contribution in [-0.4, -0.2) is 50.1 Å². The zero-order chi connectivity index (χ0) is 20.2. The second-order valence-electron chi connectivity index (χ2n) is 7.84. The minimum atomic E-state index is -0.538. The Hall–Kier alpha value is -2.55. The molecule has 8 nitrogen and oxygen atoms in total. The minimum Gasteiger partial charge on any atom is -0.391 e. The third-order valence-electron chi connectivity index (χ3n) is 5.91. The summed E-state index contributed by atoms with van der Waals surface area (Å²) in [6.45, 7) is 1.33. The molecule has 1 aliphatic carbocycles. The maximum Gasteiger partial charge on any atom is 0.267 e. The van der Waals surface area contributed by atoms with Gasteiger partial charge >= 0.3 is 0 Å². The van der Waals surface area contributed by atoms with E-state index in [0.717, 1.165) is 57.1 Å². The molecule has 4 rings (SSSR count). The van der Waals surface area contributed by atoms with Crippen LogP contribution < -0.4 is 15.8 Å². The number of piperidine rings is 1. The van der Waals surface area contributed by atoms with Crippen molar-refractivity contribution in [1.82, 2.24) is 19.7 Å². The number of rotatable bonds is 5. The van der Waals surface area contributed by atoms with Crippen LogP contribution in [0.2, 0.25) is 0 Å². The van der Waals surface area contributed by atoms with Crippen LogP contribution in [0.25, 0.3) is 0 Å². The molecule has 2 aromatic rings. The predicted molar refractivity (Wildman–Crippen MR) is 107 cm³/mol. The summed E-state index contributed by atoms with van der Waals surface area (Å²) in [6.07, 6.45) is 8.39. The van der Waals surface area contributed by atoms with Gasteiger partial charge in [-0.05, 0) is 38.2 Å². The first-order chi connectivity index (χ1) is 14.1. The van der Waals surface area contributed by atoms with Gasteiger partial charge in [-0.3, -0.25) is 4.79 Å². The number of anilines is 2. The molecule has 29 heavy (non-hydrogen) atoms. The minimum absolute atomic E-state index is 0.104. The van der Waals surface area contributed by atoms with Gasteiger partial charge in [0.2, 0.25) is 0 Å².